The highest BCUT2D eigenvalue weighted by Gasteiger charge is 2.57. The molecule has 0 aliphatic carbocycles. The van der Waals surface area contributed by atoms with Gasteiger partial charge in [0.2, 0.25) is 0 Å². The van der Waals surface area contributed by atoms with Gasteiger partial charge in [0, 0.05) is 23.9 Å². The largest absolute Gasteiger partial charge is 0.394 e. The fourth-order valence-corrected chi connectivity index (χ4v) is 3.24. The Morgan fingerprint density at radius 1 is 1.24 bits per heavy atom. The fraction of sp³-hybridized carbons (Fsp3) is 1.00. The van der Waals surface area contributed by atoms with Crippen LogP contribution in [-0.4, -0.2) is 46.4 Å². The SMILES string of the molecule is CC1(C)CC2(CC(C)(C)N1[O])OCC(CO)O2. The Bertz CT molecular complexity index is 285. The quantitative estimate of drug-likeness (QED) is 0.750. The molecule has 1 atom stereocenters. The van der Waals surface area contributed by atoms with Gasteiger partial charge >= 0.3 is 0 Å². The molecule has 0 bridgehead atoms. The van der Waals surface area contributed by atoms with Gasteiger partial charge < -0.3 is 14.6 Å². The summed E-state index contributed by atoms with van der Waals surface area (Å²) in [5.74, 6) is -0.707. The van der Waals surface area contributed by atoms with Crippen molar-refractivity contribution >= 4 is 0 Å². The molecule has 1 unspecified atom stereocenters. The van der Waals surface area contributed by atoms with Crippen molar-refractivity contribution < 1.29 is 19.8 Å². The van der Waals surface area contributed by atoms with E-state index in [-0.39, 0.29) is 12.7 Å². The van der Waals surface area contributed by atoms with Crippen LogP contribution in [0.2, 0.25) is 0 Å². The van der Waals surface area contributed by atoms with Gasteiger partial charge in [-0.3, -0.25) is 0 Å². The molecule has 5 nitrogen and oxygen atoms in total. The van der Waals surface area contributed by atoms with Gasteiger partial charge in [0.15, 0.2) is 5.79 Å². The van der Waals surface area contributed by atoms with Gasteiger partial charge in [-0.25, -0.2) is 0 Å². The van der Waals surface area contributed by atoms with E-state index in [1.165, 1.54) is 0 Å². The molecule has 5 heteroatoms. The molecular formula is C12H22NO4. The van der Waals surface area contributed by atoms with Gasteiger partial charge in [0.1, 0.15) is 6.10 Å². The van der Waals surface area contributed by atoms with Crippen molar-refractivity contribution in [2.24, 2.45) is 0 Å². The summed E-state index contributed by atoms with van der Waals surface area (Å²) in [4.78, 5) is 0. The fourth-order valence-electron chi connectivity index (χ4n) is 3.24. The zero-order valence-corrected chi connectivity index (χ0v) is 11.0. The first-order valence-corrected chi connectivity index (χ1v) is 6.11. The lowest BCUT2D eigenvalue weighted by Crippen LogP contribution is -2.64. The predicted octanol–water partition coefficient (Wildman–Crippen LogP) is 1.09. The maximum absolute atomic E-state index is 12.2. The maximum Gasteiger partial charge on any atom is 0.172 e. The summed E-state index contributed by atoms with van der Waals surface area (Å²) in [5.41, 5.74) is -1.04. The smallest absolute Gasteiger partial charge is 0.172 e. The molecule has 2 aliphatic heterocycles. The van der Waals surface area contributed by atoms with E-state index in [1.807, 2.05) is 27.7 Å². The Hall–Kier alpha value is -0.200. The molecular weight excluding hydrogens is 222 g/mol. The van der Waals surface area contributed by atoms with Crippen LogP contribution in [0.3, 0.4) is 0 Å². The van der Waals surface area contributed by atoms with E-state index in [9.17, 15) is 5.21 Å². The summed E-state index contributed by atoms with van der Waals surface area (Å²) in [6.07, 6.45) is 0.798. The molecule has 2 heterocycles. The van der Waals surface area contributed by atoms with Gasteiger partial charge in [-0.1, -0.05) is 0 Å². The summed E-state index contributed by atoms with van der Waals surface area (Å²) >= 11 is 0. The number of aliphatic hydroxyl groups excluding tert-OH is 1. The van der Waals surface area contributed by atoms with Crippen molar-refractivity contribution in [2.75, 3.05) is 13.2 Å². The van der Waals surface area contributed by atoms with Crippen LogP contribution in [0, 0.1) is 0 Å². The summed E-state index contributed by atoms with van der Waals surface area (Å²) in [6.45, 7) is 7.98. The van der Waals surface area contributed by atoms with E-state index in [1.54, 1.807) is 0 Å². The van der Waals surface area contributed by atoms with Crippen LogP contribution in [-0.2, 0) is 14.7 Å². The van der Waals surface area contributed by atoms with Crippen molar-refractivity contribution in [3.05, 3.63) is 0 Å². The highest BCUT2D eigenvalue weighted by molar-refractivity contribution is 5.02. The Morgan fingerprint density at radius 2 is 1.76 bits per heavy atom. The van der Waals surface area contributed by atoms with E-state index in [4.69, 9.17) is 14.6 Å². The first-order valence-electron chi connectivity index (χ1n) is 6.11. The number of hydrogen-bond acceptors (Lipinski definition) is 4. The number of nitrogens with zero attached hydrogens (tertiary/aromatic N) is 1. The predicted molar refractivity (Wildman–Crippen MR) is 60.6 cm³/mol. The molecule has 0 saturated carbocycles. The van der Waals surface area contributed by atoms with Crippen LogP contribution < -0.4 is 0 Å². The summed E-state index contributed by atoms with van der Waals surface area (Å²) in [6, 6.07) is 0. The van der Waals surface area contributed by atoms with Gasteiger partial charge in [-0.2, -0.15) is 0 Å². The average molecular weight is 244 g/mol. The Morgan fingerprint density at radius 3 is 2.18 bits per heavy atom. The topological polar surface area (TPSA) is 61.8 Å². The number of piperidine rings is 1. The molecule has 0 aromatic heterocycles. The molecule has 1 radical (unpaired) electrons. The number of aliphatic hydroxyl groups is 1. The Labute approximate surface area is 102 Å². The number of ether oxygens (including phenoxy) is 2. The highest BCUT2D eigenvalue weighted by Crippen LogP contribution is 2.47. The molecule has 0 amide bonds. The molecule has 0 aromatic carbocycles. The minimum atomic E-state index is -0.707. The third-order valence-electron chi connectivity index (χ3n) is 3.62. The van der Waals surface area contributed by atoms with Crippen molar-refractivity contribution in [1.82, 2.24) is 5.06 Å². The molecule has 99 valence electrons. The lowest BCUT2D eigenvalue weighted by Gasteiger charge is -2.52. The zero-order chi connectivity index (χ0) is 12.9. The average Bonchev–Trinajstić information content (AvgIpc) is 2.56. The van der Waals surface area contributed by atoms with E-state index in [2.05, 4.69) is 0 Å². The summed E-state index contributed by atoms with van der Waals surface area (Å²) in [7, 11) is 0. The molecule has 2 fully saturated rings. The molecule has 2 saturated heterocycles. The van der Waals surface area contributed by atoms with Gasteiger partial charge in [-0.05, 0) is 27.7 Å². The Kier molecular flexibility index (Phi) is 3.03. The second-order valence-corrected chi connectivity index (χ2v) is 6.42. The standard InChI is InChI=1S/C12H22NO4/c1-10(2)7-12(8-11(3,4)13(10)15)16-6-9(5-14)17-12/h9,14H,5-8H2,1-4H3. The minimum absolute atomic E-state index is 0.0380. The molecule has 2 rings (SSSR count). The van der Waals surface area contributed by atoms with E-state index in [0.29, 0.717) is 19.4 Å². The van der Waals surface area contributed by atoms with Crippen molar-refractivity contribution in [1.29, 1.82) is 0 Å². The molecule has 2 aliphatic rings. The first kappa shape index (κ1) is 13.2. The molecule has 0 aromatic rings. The lowest BCUT2D eigenvalue weighted by atomic mass is 9.78. The van der Waals surface area contributed by atoms with Crippen molar-refractivity contribution in [2.45, 2.75) is 63.5 Å². The molecule has 1 N–H and O–H groups in total. The van der Waals surface area contributed by atoms with Crippen molar-refractivity contribution in [3.63, 3.8) is 0 Å². The first-order chi connectivity index (χ1) is 7.71. The lowest BCUT2D eigenvalue weighted by molar-refractivity contribution is -0.343. The van der Waals surface area contributed by atoms with Gasteiger partial charge in [0.05, 0.1) is 13.2 Å². The molecule has 17 heavy (non-hydrogen) atoms. The van der Waals surface area contributed by atoms with Crippen LogP contribution in [0.4, 0.5) is 0 Å². The van der Waals surface area contributed by atoms with E-state index < -0.39 is 16.9 Å². The zero-order valence-electron chi connectivity index (χ0n) is 11.0. The highest BCUT2D eigenvalue weighted by atomic mass is 16.7. The monoisotopic (exact) mass is 244 g/mol. The van der Waals surface area contributed by atoms with Crippen molar-refractivity contribution in [3.8, 4) is 0 Å². The summed E-state index contributed by atoms with van der Waals surface area (Å²) in [5, 5.41) is 22.5. The van der Waals surface area contributed by atoms with E-state index >= 15 is 0 Å². The third-order valence-corrected chi connectivity index (χ3v) is 3.62. The van der Waals surface area contributed by atoms with Gasteiger partial charge in [-0.15, -0.1) is 10.3 Å². The van der Waals surface area contributed by atoms with Crippen LogP contribution in [0.15, 0.2) is 0 Å². The van der Waals surface area contributed by atoms with Crippen LogP contribution >= 0.6 is 0 Å². The second-order valence-electron chi connectivity index (χ2n) is 6.42. The normalized spacial score (nSPS) is 35.3. The van der Waals surface area contributed by atoms with Crippen LogP contribution in [0.1, 0.15) is 40.5 Å². The Balaban J connectivity index is 2.22. The van der Waals surface area contributed by atoms with Crippen LogP contribution in [0.25, 0.3) is 0 Å². The number of rotatable bonds is 1. The van der Waals surface area contributed by atoms with Gasteiger partial charge in [0.25, 0.3) is 0 Å². The number of hydroxylamine groups is 2. The summed E-state index contributed by atoms with van der Waals surface area (Å²) < 4.78 is 11.6. The second kappa shape index (κ2) is 3.90. The minimum Gasteiger partial charge on any atom is -0.394 e. The van der Waals surface area contributed by atoms with Crippen LogP contribution in [0.5, 0.6) is 0 Å². The molecule has 1 spiro atoms. The number of hydrogen-bond donors (Lipinski definition) is 1. The third kappa shape index (κ3) is 2.22. The maximum atomic E-state index is 12.2. The van der Waals surface area contributed by atoms with E-state index in [0.717, 1.165) is 5.06 Å².